The first-order valence-corrected chi connectivity index (χ1v) is 22.8. The van der Waals surface area contributed by atoms with Crippen molar-refractivity contribution in [2.24, 2.45) is 22.7 Å². The predicted octanol–water partition coefficient (Wildman–Crippen LogP) is 6.70. The van der Waals surface area contributed by atoms with Gasteiger partial charge in [-0.1, -0.05) is 131 Å². The number of aliphatic hydroxyl groups excluding tert-OH is 1. The number of ketones is 3. The highest BCUT2D eigenvalue weighted by atomic mass is 16.2. The molecule has 0 aliphatic heterocycles. The largest absolute Gasteiger partial charge is 0.397 e. The highest BCUT2D eigenvalue weighted by Gasteiger charge is 2.36. The number of carbonyl (C=O) groups is 7. The maximum Gasteiger partial charge on any atom is 0.290 e. The van der Waals surface area contributed by atoms with Crippen molar-refractivity contribution in [3.05, 3.63) is 35.9 Å². The lowest BCUT2D eigenvalue weighted by atomic mass is 9.79. The van der Waals surface area contributed by atoms with Crippen molar-refractivity contribution >= 4 is 41.0 Å². The fourth-order valence-corrected chi connectivity index (χ4v) is 6.95. The molecule has 1 aromatic carbocycles. The SMILES string of the molecule is CCCC(C)(C)CC(=O)NC(C(C)=O)C(C)(C)CC.CCCCC(CCCC)C(=O)NC(CC1CC1)C(=O)C(=O)NCC(=O)NC(C(=O)C(C)NC)c1ccccc1.CCO. The second-order valence-electron chi connectivity index (χ2n) is 18.0. The highest BCUT2D eigenvalue weighted by molar-refractivity contribution is 6.38. The van der Waals surface area contributed by atoms with Crippen molar-refractivity contribution < 1.29 is 38.7 Å². The lowest BCUT2D eigenvalue weighted by Crippen LogP contribution is -2.51. The van der Waals surface area contributed by atoms with Crippen LogP contribution in [-0.4, -0.2) is 84.4 Å². The number of likely N-dealkylation sites (N-methyl/N-ethyl adjacent to an activating group) is 1. The van der Waals surface area contributed by atoms with Gasteiger partial charge in [0.2, 0.25) is 23.5 Å². The fraction of sp³-hybridized carbons (Fsp3) is 0.729. The standard InChI is InChI=1S/C30H46N4O5.C16H31NO2.C2H6O/c1-5-7-12-23(13-8-6-2)29(38)33-24(18-21-16-17-21)28(37)30(39)32-19-25(35)34-26(27(36)20(3)31-4)22-14-10-9-11-15-22;1-8-10-15(4,5)11-13(19)17-14(12(3)18)16(6,7)9-2;1-2-3/h9-11,14-15,20-21,23-24,26,31H,5-8,12-13,16-19H2,1-4H3,(H,32,39)(H,33,38)(H,34,35);14H,8-11H2,1-7H3,(H,17,19);3H,2H2,1H3. The normalized spacial score (nSPS) is 14.4. The molecule has 61 heavy (non-hydrogen) atoms. The Kier molecular flexibility index (Phi) is 28.2. The van der Waals surface area contributed by atoms with Crippen molar-refractivity contribution in [2.75, 3.05) is 20.2 Å². The Morgan fingerprint density at radius 2 is 1.36 bits per heavy atom. The van der Waals surface area contributed by atoms with E-state index in [1.807, 2.05) is 26.8 Å². The molecule has 6 N–H and O–H groups in total. The van der Waals surface area contributed by atoms with Crippen molar-refractivity contribution in [1.29, 1.82) is 0 Å². The van der Waals surface area contributed by atoms with E-state index in [4.69, 9.17) is 5.11 Å². The molecular formula is C48H83N5O8. The van der Waals surface area contributed by atoms with Crippen LogP contribution in [0.2, 0.25) is 0 Å². The Bertz CT molecular complexity index is 1490. The zero-order valence-electron chi connectivity index (χ0n) is 39.8. The van der Waals surface area contributed by atoms with E-state index in [-0.39, 0.29) is 52.8 Å². The average Bonchev–Trinajstić information content (AvgIpc) is 4.04. The van der Waals surface area contributed by atoms with Crippen molar-refractivity contribution in [1.82, 2.24) is 26.6 Å². The number of carbonyl (C=O) groups excluding carboxylic acids is 7. The molecule has 0 saturated heterocycles. The maximum atomic E-state index is 13.1. The third-order valence-corrected chi connectivity index (χ3v) is 11.3. The van der Waals surface area contributed by atoms with Gasteiger partial charge in [-0.3, -0.25) is 33.6 Å². The molecule has 4 unspecified atom stereocenters. The van der Waals surface area contributed by atoms with Crippen LogP contribution in [0.4, 0.5) is 0 Å². The average molecular weight is 858 g/mol. The van der Waals surface area contributed by atoms with Crippen LogP contribution in [0.3, 0.4) is 0 Å². The minimum absolute atomic E-state index is 0.00344. The maximum absolute atomic E-state index is 13.1. The first-order chi connectivity index (χ1) is 28.7. The first-order valence-electron chi connectivity index (χ1n) is 22.8. The number of Topliss-reactive ketones (excluding diaryl/α,β-unsaturated/α-hetero) is 3. The number of nitrogens with one attached hydrogen (secondary N) is 5. The van der Waals surface area contributed by atoms with Crippen LogP contribution in [0, 0.1) is 22.7 Å². The van der Waals surface area contributed by atoms with E-state index in [1.54, 1.807) is 52.1 Å². The number of hydrogen-bond donors (Lipinski definition) is 6. The lowest BCUT2D eigenvalue weighted by molar-refractivity contribution is -0.141. The van der Waals surface area contributed by atoms with Crippen LogP contribution >= 0.6 is 0 Å². The molecule has 1 fully saturated rings. The zero-order chi connectivity index (χ0) is 46.8. The summed E-state index contributed by atoms with van der Waals surface area (Å²) in [5, 5.41) is 21.3. The summed E-state index contributed by atoms with van der Waals surface area (Å²) in [5.74, 6) is -2.50. The third kappa shape index (κ3) is 23.2. The van der Waals surface area contributed by atoms with Gasteiger partial charge in [0.05, 0.1) is 24.7 Å². The van der Waals surface area contributed by atoms with E-state index in [9.17, 15) is 33.6 Å². The molecule has 4 atom stereocenters. The van der Waals surface area contributed by atoms with Gasteiger partial charge in [0, 0.05) is 18.9 Å². The van der Waals surface area contributed by atoms with E-state index in [2.05, 4.69) is 61.2 Å². The lowest BCUT2D eigenvalue weighted by Gasteiger charge is -2.33. The second kappa shape index (κ2) is 30.1. The number of aliphatic hydroxyl groups is 1. The molecule has 1 aliphatic carbocycles. The van der Waals surface area contributed by atoms with Gasteiger partial charge in [0.1, 0.15) is 6.04 Å². The van der Waals surface area contributed by atoms with Crippen LogP contribution < -0.4 is 26.6 Å². The number of hydrogen-bond acceptors (Lipinski definition) is 9. The number of rotatable bonds is 27. The molecule has 13 heteroatoms. The molecule has 348 valence electrons. The van der Waals surface area contributed by atoms with Crippen molar-refractivity contribution in [3.8, 4) is 0 Å². The van der Waals surface area contributed by atoms with Crippen LogP contribution in [0.25, 0.3) is 0 Å². The summed E-state index contributed by atoms with van der Waals surface area (Å²) in [4.78, 5) is 88.4. The van der Waals surface area contributed by atoms with E-state index in [0.29, 0.717) is 24.3 Å². The summed E-state index contributed by atoms with van der Waals surface area (Å²) in [5.41, 5.74) is 0.417. The van der Waals surface area contributed by atoms with Gasteiger partial charge >= 0.3 is 0 Å². The Morgan fingerprint density at radius 3 is 1.82 bits per heavy atom. The van der Waals surface area contributed by atoms with E-state index in [0.717, 1.165) is 70.6 Å². The molecule has 0 spiro atoms. The quantitative estimate of drug-likeness (QED) is 0.0522. The Morgan fingerprint density at radius 1 is 0.803 bits per heavy atom. The van der Waals surface area contributed by atoms with Gasteiger partial charge in [-0.05, 0) is 82.2 Å². The molecular weight excluding hydrogens is 775 g/mol. The summed E-state index contributed by atoms with van der Waals surface area (Å²) in [6, 6.07) is 6.14. The molecule has 0 aromatic heterocycles. The summed E-state index contributed by atoms with van der Waals surface area (Å²) < 4.78 is 0. The predicted molar refractivity (Wildman–Crippen MR) is 243 cm³/mol. The minimum Gasteiger partial charge on any atom is -0.397 e. The van der Waals surface area contributed by atoms with Gasteiger partial charge in [-0.2, -0.15) is 0 Å². The molecule has 1 aliphatic rings. The van der Waals surface area contributed by atoms with Gasteiger partial charge in [-0.15, -0.1) is 0 Å². The Labute approximate surface area is 367 Å². The first kappa shape index (κ1) is 57.0. The molecule has 1 aromatic rings. The number of benzene rings is 1. The number of amides is 4. The molecule has 0 bridgehead atoms. The third-order valence-electron chi connectivity index (χ3n) is 11.3. The van der Waals surface area contributed by atoms with Crippen LogP contribution in [0.5, 0.6) is 0 Å². The molecule has 1 saturated carbocycles. The molecule has 0 radical (unpaired) electrons. The van der Waals surface area contributed by atoms with Crippen LogP contribution in [-0.2, 0) is 33.6 Å². The second-order valence-corrected chi connectivity index (χ2v) is 18.0. The van der Waals surface area contributed by atoms with Crippen LogP contribution in [0.1, 0.15) is 171 Å². The monoisotopic (exact) mass is 858 g/mol. The van der Waals surface area contributed by atoms with Crippen molar-refractivity contribution in [2.45, 2.75) is 184 Å². The molecule has 0 heterocycles. The molecule has 13 nitrogen and oxygen atoms in total. The zero-order valence-corrected chi connectivity index (χ0v) is 39.8. The van der Waals surface area contributed by atoms with Gasteiger partial charge in [0.25, 0.3) is 5.91 Å². The van der Waals surface area contributed by atoms with Crippen LogP contribution in [0.15, 0.2) is 30.3 Å². The summed E-state index contributed by atoms with van der Waals surface area (Å²) in [6.07, 6.45) is 11.1. The van der Waals surface area contributed by atoms with Gasteiger partial charge in [-0.25, -0.2) is 0 Å². The van der Waals surface area contributed by atoms with E-state index in [1.165, 1.54) is 0 Å². The highest BCUT2D eigenvalue weighted by Crippen LogP contribution is 2.34. The Balaban J connectivity index is 0.00000137. The summed E-state index contributed by atoms with van der Waals surface area (Å²) >= 11 is 0. The van der Waals surface area contributed by atoms with Crippen molar-refractivity contribution in [3.63, 3.8) is 0 Å². The van der Waals surface area contributed by atoms with E-state index < -0.39 is 42.3 Å². The minimum atomic E-state index is -0.916. The molecule has 2 rings (SSSR count). The van der Waals surface area contributed by atoms with Gasteiger partial charge < -0.3 is 31.7 Å². The fourth-order valence-electron chi connectivity index (χ4n) is 6.95. The summed E-state index contributed by atoms with van der Waals surface area (Å²) in [7, 11) is 1.66. The van der Waals surface area contributed by atoms with Gasteiger partial charge in [0.15, 0.2) is 11.6 Å². The smallest absolute Gasteiger partial charge is 0.290 e. The number of unbranched alkanes of at least 4 members (excludes halogenated alkanes) is 2. The Hall–Kier alpha value is -3.97. The topological polar surface area (TPSA) is 200 Å². The summed E-state index contributed by atoms with van der Waals surface area (Å²) in [6.45, 7) is 21.3. The van der Waals surface area contributed by atoms with E-state index >= 15 is 0 Å². The molecule has 4 amide bonds.